The van der Waals surface area contributed by atoms with Crippen molar-refractivity contribution in [2.45, 2.75) is 40.5 Å². The highest BCUT2D eigenvalue weighted by Gasteiger charge is 2.19. The van der Waals surface area contributed by atoms with Crippen LogP contribution in [0.2, 0.25) is 5.02 Å². The van der Waals surface area contributed by atoms with E-state index in [0.29, 0.717) is 23.0 Å². The van der Waals surface area contributed by atoms with Gasteiger partial charge in [-0.15, -0.1) is 0 Å². The molecule has 7 heteroatoms. The number of ether oxygens (including phenoxy) is 1. The van der Waals surface area contributed by atoms with E-state index in [1.165, 1.54) is 4.90 Å². The van der Waals surface area contributed by atoms with Gasteiger partial charge >= 0.3 is 0 Å². The fourth-order valence-corrected chi connectivity index (χ4v) is 3.14. The number of benzene rings is 1. The van der Waals surface area contributed by atoms with Crippen LogP contribution in [0.25, 0.3) is 0 Å². The third-order valence-electron chi connectivity index (χ3n) is 4.29. The van der Waals surface area contributed by atoms with Crippen LogP contribution in [0.15, 0.2) is 40.9 Å². The van der Waals surface area contributed by atoms with E-state index in [9.17, 15) is 4.79 Å². The summed E-state index contributed by atoms with van der Waals surface area (Å²) in [6.07, 6.45) is 1.75. The maximum absolute atomic E-state index is 12.6. The second-order valence-corrected chi connectivity index (χ2v) is 7.23. The third-order valence-corrected chi connectivity index (χ3v) is 4.61. The summed E-state index contributed by atoms with van der Waals surface area (Å²) in [5.74, 6) is 1.39. The van der Waals surface area contributed by atoms with Crippen molar-refractivity contribution < 1.29 is 13.9 Å². The van der Waals surface area contributed by atoms with Crippen molar-refractivity contribution in [3.63, 3.8) is 0 Å². The van der Waals surface area contributed by atoms with Gasteiger partial charge < -0.3 is 14.1 Å². The number of carbonyl (C=O) groups excluding carboxylic acids is 1. The van der Waals surface area contributed by atoms with Crippen LogP contribution >= 0.6 is 11.6 Å². The summed E-state index contributed by atoms with van der Waals surface area (Å²) in [6, 6.07) is 9.43. The standard InChI is InChI=1S/C21H24ClN3O3/c1-5-25-11-18(22)19(23-25)12-24(4)21(26)20-7-6-16(28-20)13-27-17-9-14(2)8-15(3)10-17/h6-11H,5,12-13H2,1-4H3. The largest absolute Gasteiger partial charge is 0.486 e. The molecule has 1 aromatic carbocycles. The van der Waals surface area contributed by atoms with Gasteiger partial charge in [0.05, 0.1) is 11.6 Å². The smallest absolute Gasteiger partial charge is 0.289 e. The number of halogens is 1. The highest BCUT2D eigenvalue weighted by Crippen LogP contribution is 2.20. The van der Waals surface area contributed by atoms with Crippen LogP contribution in [-0.2, 0) is 19.7 Å². The summed E-state index contributed by atoms with van der Waals surface area (Å²) < 4.78 is 13.2. The van der Waals surface area contributed by atoms with Gasteiger partial charge in [0.25, 0.3) is 5.91 Å². The Kier molecular flexibility index (Phi) is 6.09. The summed E-state index contributed by atoms with van der Waals surface area (Å²) in [6.45, 7) is 7.31. The van der Waals surface area contributed by atoms with Crippen LogP contribution in [0.4, 0.5) is 0 Å². The normalized spacial score (nSPS) is 10.9. The van der Waals surface area contributed by atoms with Gasteiger partial charge in [0.15, 0.2) is 5.76 Å². The van der Waals surface area contributed by atoms with Crippen molar-refractivity contribution in [3.05, 3.63) is 69.9 Å². The fourth-order valence-electron chi connectivity index (χ4n) is 2.93. The first kappa shape index (κ1) is 20.0. The van der Waals surface area contributed by atoms with Gasteiger partial charge in [-0.2, -0.15) is 5.10 Å². The first-order valence-electron chi connectivity index (χ1n) is 9.12. The molecular weight excluding hydrogens is 378 g/mol. The molecule has 3 rings (SSSR count). The molecule has 28 heavy (non-hydrogen) atoms. The zero-order valence-electron chi connectivity index (χ0n) is 16.5. The van der Waals surface area contributed by atoms with Gasteiger partial charge in [-0.3, -0.25) is 9.48 Å². The van der Waals surface area contributed by atoms with Gasteiger partial charge in [0, 0.05) is 19.8 Å². The zero-order valence-corrected chi connectivity index (χ0v) is 17.3. The lowest BCUT2D eigenvalue weighted by atomic mass is 10.1. The number of nitrogens with zero attached hydrogens (tertiary/aromatic N) is 3. The molecule has 0 aliphatic heterocycles. The van der Waals surface area contributed by atoms with Crippen molar-refractivity contribution in [3.8, 4) is 5.75 Å². The summed E-state index contributed by atoms with van der Waals surface area (Å²) in [4.78, 5) is 14.2. The first-order valence-corrected chi connectivity index (χ1v) is 9.50. The predicted molar refractivity (Wildman–Crippen MR) is 108 cm³/mol. The lowest BCUT2D eigenvalue weighted by molar-refractivity contribution is 0.0747. The third kappa shape index (κ3) is 4.75. The second kappa shape index (κ2) is 8.52. The monoisotopic (exact) mass is 401 g/mol. The van der Waals surface area contributed by atoms with Crippen LogP contribution in [0.1, 0.15) is 40.1 Å². The highest BCUT2D eigenvalue weighted by molar-refractivity contribution is 6.31. The Balaban J connectivity index is 1.62. The summed E-state index contributed by atoms with van der Waals surface area (Å²) in [5.41, 5.74) is 2.93. The van der Waals surface area contributed by atoms with Crippen LogP contribution < -0.4 is 4.74 Å². The van der Waals surface area contributed by atoms with Gasteiger partial charge in [-0.25, -0.2) is 0 Å². The van der Waals surface area contributed by atoms with Crippen molar-refractivity contribution in [2.75, 3.05) is 7.05 Å². The van der Waals surface area contributed by atoms with E-state index >= 15 is 0 Å². The molecule has 3 aromatic rings. The van der Waals surface area contributed by atoms with E-state index in [4.69, 9.17) is 20.8 Å². The molecular formula is C21H24ClN3O3. The number of hydrogen-bond donors (Lipinski definition) is 0. The Hall–Kier alpha value is -2.73. The molecule has 0 aliphatic carbocycles. The quantitative estimate of drug-likeness (QED) is 0.579. The molecule has 0 N–H and O–H groups in total. The van der Waals surface area contributed by atoms with Crippen LogP contribution in [-0.4, -0.2) is 27.6 Å². The maximum Gasteiger partial charge on any atom is 0.289 e. The van der Waals surface area contributed by atoms with Gasteiger partial charge in [-0.1, -0.05) is 17.7 Å². The molecule has 6 nitrogen and oxygen atoms in total. The molecule has 2 heterocycles. The molecule has 0 saturated carbocycles. The van der Waals surface area contributed by atoms with E-state index in [-0.39, 0.29) is 18.3 Å². The molecule has 0 fully saturated rings. The predicted octanol–water partition coefficient (Wildman–Crippen LogP) is 4.62. The average Bonchev–Trinajstić information content (AvgIpc) is 3.25. The Labute approximate surface area is 169 Å². The Morgan fingerprint density at radius 2 is 1.96 bits per heavy atom. The summed E-state index contributed by atoms with van der Waals surface area (Å²) >= 11 is 6.18. The number of furan rings is 1. The number of aromatic nitrogens is 2. The van der Waals surface area contributed by atoms with Gasteiger partial charge in [0.1, 0.15) is 23.8 Å². The second-order valence-electron chi connectivity index (χ2n) is 6.82. The molecule has 148 valence electrons. The first-order chi connectivity index (χ1) is 13.4. The van der Waals surface area contributed by atoms with E-state index < -0.39 is 0 Å². The molecule has 0 unspecified atom stereocenters. The SMILES string of the molecule is CCn1cc(Cl)c(CN(C)C(=O)c2ccc(COc3cc(C)cc(C)c3)o2)n1. The maximum atomic E-state index is 12.6. The minimum Gasteiger partial charge on any atom is -0.486 e. The van der Waals surface area contributed by atoms with Crippen LogP contribution in [0, 0.1) is 13.8 Å². The topological polar surface area (TPSA) is 60.5 Å². The van der Waals surface area contributed by atoms with E-state index in [1.807, 2.05) is 32.9 Å². The van der Waals surface area contributed by atoms with E-state index in [2.05, 4.69) is 11.2 Å². The average molecular weight is 402 g/mol. The summed E-state index contributed by atoms with van der Waals surface area (Å²) in [5, 5.41) is 4.91. The lowest BCUT2D eigenvalue weighted by Gasteiger charge is -2.14. The molecule has 2 aromatic heterocycles. The Morgan fingerprint density at radius 1 is 1.25 bits per heavy atom. The number of aryl methyl sites for hydroxylation is 3. The van der Waals surface area contributed by atoms with Crippen molar-refractivity contribution in [1.82, 2.24) is 14.7 Å². The minimum absolute atomic E-state index is 0.236. The lowest BCUT2D eigenvalue weighted by Crippen LogP contribution is -2.26. The Morgan fingerprint density at radius 3 is 2.61 bits per heavy atom. The molecule has 0 aliphatic rings. The Bertz CT molecular complexity index is 957. The van der Waals surface area contributed by atoms with Crippen molar-refractivity contribution in [1.29, 1.82) is 0 Å². The molecule has 1 amide bonds. The van der Waals surface area contributed by atoms with Crippen molar-refractivity contribution in [2.24, 2.45) is 0 Å². The van der Waals surface area contributed by atoms with Crippen molar-refractivity contribution >= 4 is 17.5 Å². The zero-order chi connectivity index (χ0) is 20.3. The fraction of sp³-hybridized carbons (Fsp3) is 0.333. The molecule has 0 atom stereocenters. The molecule has 0 saturated heterocycles. The minimum atomic E-state index is -0.236. The number of carbonyl (C=O) groups is 1. The van der Waals surface area contributed by atoms with E-state index in [1.54, 1.807) is 30.1 Å². The van der Waals surface area contributed by atoms with Crippen LogP contribution in [0.5, 0.6) is 5.75 Å². The molecule has 0 bridgehead atoms. The summed E-state index contributed by atoms with van der Waals surface area (Å²) in [7, 11) is 1.69. The molecule has 0 spiro atoms. The van der Waals surface area contributed by atoms with Gasteiger partial charge in [-0.05, 0) is 56.2 Å². The van der Waals surface area contributed by atoms with Gasteiger partial charge in [0.2, 0.25) is 0 Å². The number of rotatable bonds is 7. The number of hydrogen-bond acceptors (Lipinski definition) is 4. The number of amides is 1. The highest BCUT2D eigenvalue weighted by atomic mass is 35.5. The van der Waals surface area contributed by atoms with E-state index in [0.717, 1.165) is 23.4 Å². The van der Waals surface area contributed by atoms with Crippen LogP contribution in [0.3, 0.4) is 0 Å². The molecule has 0 radical (unpaired) electrons.